The highest BCUT2D eigenvalue weighted by Crippen LogP contribution is 2.20. The lowest BCUT2D eigenvalue weighted by Crippen LogP contribution is -2.01. The monoisotopic (exact) mass is 358 g/mol. The molecule has 0 radical (unpaired) electrons. The van der Waals surface area contributed by atoms with Gasteiger partial charge in [0.05, 0.1) is 17.3 Å². The van der Waals surface area contributed by atoms with E-state index >= 15 is 0 Å². The van der Waals surface area contributed by atoms with Crippen LogP contribution in [0.1, 0.15) is 11.4 Å². The van der Waals surface area contributed by atoms with E-state index in [0.29, 0.717) is 5.65 Å². The van der Waals surface area contributed by atoms with E-state index in [9.17, 15) is 4.39 Å². The zero-order valence-electron chi connectivity index (χ0n) is 14.3. The molecule has 5 rings (SSSR count). The molecular weight excluding hydrogens is 343 g/mol. The van der Waals surface area contributed by atoms with Crippen molar-refractivity contribution in [2.24, 2.45) is 0 Å². The summed E-state index contributed by atoms with van der Waals surface area (Å²) in [6.07, 6.45) is 5.09. The van der Waals surface area contributed by atoms with Crippen LogP contribution in [0.2, 0.25) is 0 Å². The van der Waals surface area contributed by atoms with Crippen LogP contribution in [-0.2, 0) is 12.8 Å². The minimum atomic E-state index is -0.286. The molecule has 0 aliphatic carbocycles. The van der Waals surface area contributed by atoms with Gasteiger partial charge in [0.2, 0.25) is 0 Å². The second-order valence-electron chi connectivity index (χ2n) is 6.31. The summed E-state index contributed by atoms with van der Waals surface area (Å²) < 4.78 is 16.8. The van der Waals surface area contributed by atoms with Crippen molar-refractivity contribution in [1.29, 1.82) is 0 Å². The largest absolute Gasteiger partial charge is 0.269 e. The molecule has 2 aromatic carbocycles. The molecule has 0 spiro atoms. The molecule has 0 saturated heterocycles. The Morgan fingerprint density at radius 3 is 2.48 bits per heavy atom. The Kier molecular flexibility index (Phi) is 3.64. The van der Waals surface area contributed by atoms with E-state index in [-0.39, 0.29) is 5.82 Å². The van der Waals surface area contributed by atoms with E-state index in [1.54, 1.807) is 29.3 Å². The minimum Gasteiger partial charge on any atom is -0.269 e. The first-order chi connectivity index (χ1) is 13.3. The van der Waals surface area contributed by atoms with Gasteiger partial charge in [-0.3, -0.25) is 4.40 Å². The summed E-state index contributed by atoms with van der Waals surface area (Å²) in [5, 5.41) is 13.9. The zero-order chi connectivity index (χ0) is 18.2. The summed E-state index contributed by atoms with van der Waals surface area (Å²) in [6.45, 7) is 0. The van der Waals surface area contributed by atoms with Crippen LogP contribution in [0.25, 0.3) is 22.4 Å². The fourth-order valence-corrected chi connectivity index (χ4v) is 3.21. The van der Waals surface area contributed by atoms with Crippen molar-refractivity contribution < 1.29 is 4.39 Å². The first kappa shape index (κ1) is 15.6. The van der Waals surface area contributed by atoms with Gasteiger partial charge in [-0.05, 0) is 36.2 Å². The van der Waals surface area contributed by atoms with Crippen LogP contribution in [0, 0.1) is 5.82 Å². The molecule has 0 N–H and O–H groups in total. The van der Waals surface area contributed by atoms with E-state index in [4.69, 9.17) is 0 Å². The average molecular weight is 358 g/mol. The van der Waals surface area contributed by atoms with Gasteiger partial charge in [0, 0.05) is 6.42 Å². The summed E-state index contributed by atoms with van der Waals surface area (Å²) in [6, 6.07) is 16.4. The van der Waals surface area contributed by atoms with Gasteiger partial charge in [0.25, 0.3) is 0 Å². The van der Waals surface area contributed by atoms with Crippen molar-refractivity contribution in [3.05, 3.63) is 84.3 Å². The maximum atomic E-state index is 13.2. The Bertz CT molecular complexity index is 1220. The number of halogens is 1. The number of fused-ring (bicyclic) bond motifs is 3. The predicted octanol–water partition coefficient (Wildman–Crippen LogP) is 3.39. The molecule has 0 bridgehead atoms. The Labute approximate surface area is 153 Å². The van der Waals surface area contributed by atoms with E-state index in [1.807, 2.05) is 22.6 Å². The van der Waals surface area contributed by atoms with Gasteiger partial charge in [0.15, 0.2) is 11.3 Å². The SMILES string of the molecule is Fc1ccc(-n2ncc3c2ncn2c(CCc4ccccc4)nnc32)cc1. The lowest BCUT2D eigenvalue weighted by atomic mass is 10.1. The van der Waals surface area contributed by atoms with Crippen LogP contribution in [0.3, 0.4) is 0 Å². The Morgan fingerprint density at radius 2 is 1.67 bits per heavy atom. The van der Waals surface area contributed by atoms with Crippen LogP contribution in [0.4, 0.5) is 4.39 Å². The summed E-state index contributed by atoms with van der Waals surface area (Å²) >= 11 is 0. The smallest absolute Gasteiger partial charge is 0.174 e. The predicted molar refractivity (Wildman–Crippen MR) is 99.2 cm³/mol. The number of aromatic nitrogens is 6. The number of aryl methyl sites for hydroxylation is 2. The lowest BCUT2D eigenvalue weighted by Gasteiger charge is -2.03. The highest BCUT2D eigenvalue weighted by molar-refractivity contribution is 5.89. The molecule has 0 saturated carbocycles. The highest BCUT2D eigenvalue weighted by atomic mass is 19.1. The van der Waals surface area contributed by atoms with Gasteiger partial charge in [0.1, 0.15) is 18.0 Å². The fourth-order valence-electron chi connectivity index (χ4n) is 3.21. The highest BCUT2D eigenvalue weighted by Gasteiger charge is 2.14. The van der Waals surface area contributed by atoms with Gasteiger partial charge in [-0.1, -0.05) is 30.3 Å². The van der Waals surface area contributed by atoms with Gasteiger partial charge in [-0.15, -0.1) is 10.2 Å². The van der Waals surface area contributed by atoms with Crippen molar-refractivity contribution in [3.8, 4) is 5.69 Å². The minimum absolute atomic E-state index is 0.286. The van der Waals surface area contributed by atoms with Crippen LogP contribution < -0.4 is 0 Å². The number of rotatable bonds is 4. The lowest BCUT2D eigenvalue weighted by molar-refractivity contribution is 0.627. The number of benzene rings is 2. The molecule has 0 aliphatic rings. The van der Waals surface area contributed by atoms with Crippen LogP contribution in [-0.4, -0.2) is 29.4 Å². The van der Waals surface area contributed by atoms with E-state index in [0.717, 1.165) is 35.4 Å². The molecule has 132 valence electrons. The Morgan fingerprint density at radius 1 is 0.852 bits per heavy atom. The van der Waals surface area contributed by atoms with Crippen molar-refractivity contribution >= 4 is 16.7 Å². The molecule has 0 amide bonds. The summed E-state index contributed by atoms with van der Waals surface area (Å²) in [4.78, 5) is 4.55. The van der Waals surface area contributed by atoms with Crippen molar-refractivity contribution in [1.82, 2.24) is 29.4 Å². The van der Waals surface area contributed by atoms with E-state index in [1.165, 1.54) is 17.7 Å². The van der Waals surface area contributed by atoms with Crippen molar-refractivity contribution in [3.63, 3.8) is 0 Å². The average Bonchev–Trinajstić information content (AvgIpc) is 3.31. The second-order valence-corrected chi connectivity index (χ2v) is 6.31. The van der Waals surface area contributed by atoms with Gasteiger partial charge in [-0.2, -0.15) is 5.10 Å². The van der Waals surface area contributed by atoms with E-state index in [2.05, 4.69) is 32.4 Å². The molecule has 0 unspecified atom stereocenters. The standard InChI is InChI=1S/C20H15FN6/c21-15-7-9-16(10-8-15)27-19-17(12-23-27)20-25-24-18(26(20)13-22-19)11-6-14-4-2-1-3-5-14/h1-5,7-10,12-13H,6,11H2. The zero-order valence-corrected chi connectivity index (χ0v) is 14.3. The van der Waals surface area contributed by atoms with Crippen LogP contribution in [0.5, 0.6) is 0 Å². The molecule has 6 nitrogen and oxygen atoms in total. The van der Waals surface area contributed by atoms with Gasteiger partial charge in [-0.25, -0.2) is 14.1 Å². The van der Waals surface area contributed by atoms with Gasteiger partial charge < -0.3 is 0 Å². The molecule has 0 aliphatic heterocycles. The maximum Gasteiger partial charge on any atom is 0.174 e. The fraction of sp³-hybridized carbons (Fsp3) is 0.100. The summed E-state index contributed by atoms with van der Waals surface area (Å²) in [5.74, 6) is 0.573. The van der Waals surface area contributed by atoms with Crippen LogP contribution >= 0.6 is 0 Å². The molecule has 3 heterocycles. The third-order valence-corrected chi connectivity index (χ3v) is 4.60. The second kappa shape index (κ2) is 6.28. The summed E-state index contributed by atoms with van der Waals surface area (Å²) in [5.41, 5.74) is 3.38. The molecule has 5 aromatic rings. The normalized spacial score (nSPS) is 11.4. The van der Waals surface area contributed by atoms with Gasteiger partial charge >= 0.3 is 0 Å². The van der Waals surface area contributed by atoms with E-state index < -0.39 is 0 Å². The van der Waals surface area contributed by atoms with Crippen molar-refractivity contribution in [2.45, 2.75) is 12.8 Å². The molecule has 3 aromatic heterocycles. The summed E-state index contributed by atoms with van der Waals surface area (Å²) in [7, 11) is 0. The molecule has 7 heteroatoms. The molecule has 27 heavy (non-hydrogen) atoms. The first-order valence-corrected chi connectivity index (χ1v) is 8.66. The number of hydrogen-bond donors (Lipinski definition) is 0. The number of nitrogens with zero attached hydrogens (tertiary/aromatic N) is 6. The first-order valence-electron chi connectivity index (χ1n) is 8.66. The molecular formula is C20H15FN6. The third-order valence-electron chi connectivity index (χ3n) is 4.60. The molecule has 0 atom stereocenters. The Balaban J connectivity index is 1.53. The third kappa shape index (κ3) is 2.73. The van der Waals surface area contributed by atoms with Crippen molar-refractivity contribution in [2.75, 3.05) is 0 Å². The molecule has 0 fully saturated rings. The van der Waals surface area contributed by atoms with Crippen LogP contribution in [0.15, 0.2) is 67.1 Å². The number of hydrogen-bond acceptors (Lipinski definition) is 4. The Hall–Kier alpha value is -3.61. The maximum absolute atomic E-state index is 13.2. The topological polar surface area (TPSA) is 60.9 Å². The quantitative estimate of drug-likeness (QED) is 0.494.